The van der Waals surface area contributed by atoms with Crippen molar-refractivity contribution in [3.63, 3.8) is 0 Å². The summed E-state index contributed by atoms with van der Waals surface area (Å²) in [6.07, 6.45) is -2.06. The molecule has 0 fully saturated rings. The van der Waals surface area contributed by atoms with E-state index in [1.807, 2.05) is 0 Å². The van der Waals surface area contributed by atoms with E-state index in [-0.39, 0.29) is 13.0 Å². The molecule has 6 heteroatoms. The molecular formula is C16H17F2NO3. The molecule has 0 heterocycles. The normalized spacial score (nSPS) is 12.5. The van der Waals surface area contributed by atoms with Gasteiger partial charge in [-0.25, -0.2) is 8.78 Å². The lowest BCUT2D eigenvalue weighted by Gasteiger charge is -2.17. The average Bonchev–Trinajstić information content (AvgIpc) is 2.45. The number of carbonyl (C=O) groups excluding carboxylic acids is 2. The topological polar surface area (TPSA) is 55.4 Å². The van der Waals surface area contributed by atoms with E-state index in [9.17, 15) is 18.4 Å². The van der Waals surface area contributed by atoms with Gasteiger partial charge < -0.3 is 10.1 Å². The number of rotatable bonds is 5. The number of ether oxygens (including phenoxy) is 1. The van der Waals surface area contributed by atoms with Gasteiger partial charge in [-0.2, -0.15) is 0 Å². The van der Waals surface area contributed by atoms with E-state index in [0.717, 1.165) is 0 Å². The fourth-order valence-corrected chi connectivity index (χ4v) is 1.67. The van der Waals surface area contributed by atoms with Crippen LogP contribution in [0.15, 0.2) is 24.3 Å². The van der Waals surface area contributed by atoms with Gasteiger partial charge in [0.25, 0.3) is 0 Å². The van der Waals surface area contributed by atoms with E-state index in [4.69, 9.17) is 4.74 Å². The standard InChI is InChI=1S/C16H17F2NO3/c1-3-22-16(21)10-15(19-11(2)20)14(18)9-6-12-4-7-13(17)8-5-12/h4-5,7-8,14-15H,3,10H2,1-2H3,(H,19,20)/t14-,15+/m0/s1. The highest BCUT2D eigenvalue weighted by Gasteiger charge is 2.24. The van der Waals surface area contributed by atoms with Gasteiger partial charge in [0.1, 0.15) is 5.82 Å². The van der Waals surface area contributed by atoms with Crippen molar-refractivity contribution in [2.24, 2.45) is 0 Å². The highest BCUT2D eigenvalue weighted by Crippen LogP contribution is 2.06. The molecule has 0 aliphatic heterocycles. The molecule has 0 aromatic heterocycles. The number of alkyl halides is 1. The molecule has 0 radical (unpaired) electrons. The highest BCUT2D eigenvalue weighted by molar-refractivity contribution is 5.75. The second-order valence-electron chi connectivity index (χ2n) is 4.49. The van der Waals surface area contributed by atoms with Crippen LogP contribution in [0.2, 0.25) is 0 Å². The number of esters is 1. The van der Waals surface area contributed by atoms with Crippen LogP contribution in [0, 0.1) is 17.7 Å². The van der Waals surface area contributed by atoms with Crippen LogP contribution < -0.4 is 5.32 Å². The minimum atomic E-state index is -1.75. The van der Waals surface area contributed by atoms with Crippen LogP contribution in [0.4, 0.5) is 8.78 Å². The van der Waals surface area contributed by atoms with Gasteiger partial charge in [0, 0.05) is 12.5 Å². The predicted octanol–water partition coefficient (Wildman–Crippen LogP) is 1.97. The van der Waals surface area contributed by atoms with Gasteiger partial charge in [-0.1, -0.05) is 11.8 Å². The first-order valence-corrected chi connectivity index (χ1v) is 6.76. The van der Waals surface area contributed by atoms with Crippen LogP contribution in [-0.4, -0.2) is 30.7 Å². The lowest BCUT2D eigenvalue weighted by molar-refractivity contribution is -0.144. The first kappa shape index (κ1) is 17.6. The average molecular weight is 309 g/mol. The number of benzene rings is 1. The van der Waals surface area contributed by atoms with Crippen LogP contribution >= 0.6 is 0 Å². The maximum Gasteiger partial charge on any atom is 0.308 e. The Kier molecular flexibility index (Phi) is 7.03. The van der Waals surface area contributed by atoms with Crippen molar-refractivity contribution in [2.75, 3.05) is 6.61 Å². The zero-order valence-electron chi connectivity index (χ0n) is 12.4. The van der Waals surface area contributed by atoms with Crippen molar-refractivity contribution in [1.82, 2.24) is 5.32 Å². The fraction of sp³-hybridized carbons (Fsp3) is 0.375. The highest BCUT2D eigenvalue weighted by atomic mass is 19.1. The molecule has 0 aliphatic rings. The number of amides is 1. The summed E-state index contributed by atoms with van der Waals surface area (Å²) in [5, 5.41) is 2.34. The molecule has 1 aromatic carbocycles. The molecular weight excluding hydrogens is 292 g/mol. The lowest BCUT2D eigenvalue weighted by Crippen LogP contribution is -2.41. The van der Waals surface area contributed by atoms with Crippen molar-refractivity contribution in [3.8, 4) is 11.8 Å². The molecule has 1 rings (SSSR count). The zero-order chi connectivity index (χ0) is 16.5. The van der Waals surface area contributed by atoms with Crippen LogP contribution in [-0.2, 0) is 14.3 Å². The Bertz CT molecular complexity index is 575. The zero-order valence-corrected chi connectivity index (χ0v) is 12.4. The summed E-state index contributed by atoms with van der Waals surface area (Å²) in [5.74, 6) is 3.34. The summed E-state index contributed by atoms with van der Waals surface area (Å²) in [5.41, 5.74) is 0.432. The molecule has 1 amide bonds. The van der Waals surface area contributed by atoms with Gasteiger partial charge in [0.15, 0.2) is 6.17 Å². The summed E-state index contributed by atoms with van der Waals surface area (Å²) in [4.78, 5) is 22.5. The van der Waals surface area contributed by atoms with Gasteiger partial charge in [0.2, 0.25) is 5.91 Å². The minimum absolute atomic E-state index is 0.170. The lowest BCUT2D eigenvalue weighted by atomic mass is 10.1. The monoisotopic (exact) mass is 309 g/mol. The maximum absolute atomic E-state index is 14.1. The molecule has 4 nitrogen and oxygen atoms in total. The number of hydrogen-bond acceptors (Lipinski definition) is 3. The molecule has 0 unspecified atom stereocenters. The van der Waals surface area contributed by atoms with E-state index < -0.39 is 29.9 Å². The van der Waals surface area contributed by atoms with Crippen LogP contribution in [0.25, 0.3) is 0 Å². The van der Waals surface area contributed by atoms with Crippen molar-refractivity contribution in [1.29, 1.82) is 0 Å². The quantitative estimate of drug-likeness (QED) is 0.668. The number of nitrogens with one attached hydrogen (secondary N) is 1. The third-order valence-corrected chi connectivity index (χ3v) is 2.63. The van der Waals surface area contributed by atoms with Gasteiger partial charge in [-0.05, 0) is 31.2 Å². The summed E-state index contributed by atoms with van der Waals surface area (Å²) < 4.78 is 31.6. The smallest absolute Gasteiger partial charge is 0.308 e. The largest absolute Gasteiger partial charge is 0.466 e. The Hall–Kier alpha value is -2.42. The van der Waals surface area contributed by atoms with Crippen LogP contribution in [0.5, 0.6) is 0 Å². The molecule has 0 spiro atoms. The minimum Gasteiger partial charge on any atom is -0.466 e. The van der Waals surface area contributed by atoms with Crippen LogP contribution in [0.1, 0.15) is 25.8 Å². The van der Waals surface area contributed by atoms with E-state index in [2.05, 4.69) is 17.2 Å². The van der Waals surface area contributed by atoms with Crippen LogP contribution in [0.3, 0.4) is 0 Å². The van der Waals surface area contributed by atoms with E-state index in [0.29, 0.717) is 5.56 Å². The molecule has 2 atom stereocenters. The molecule has 0 saturated carbocycles. The van der Waals surface area contributed by atoms with Gasteiger partial charge in [-0.3, -0.25) is 9.59 Å². The Morgan fingerprint density at radius 2 is 1.95 bits per heavy atom. The van der Waals surface area contributed by atoms with Crippen molar-refractivity contribution < 1.29 is 23.1 Å². The molecule has 0 bridgehead atoms. The Morgan fingerprint density at radius 1 is 1.32 bits per heavy atom. The molecule has 118 valence electrons. The molecule has 0 aliphatic carbocycles. The first-order chi connectivity index (χ1) is 10.4. The number of hydrogen-bond donors (Lipinski definition) is 1. The van der Waals surface area contributed by atoms with Crippen molar-refractivity contribution in [2.45, 2.75) is 32.5 Å². The molecule has 22 heavy (non-hydrogen) atoms. The van der Waals surface area contributed by atoms with E-state index >= 15 is 0 Å². The summed E-state index contributed by atoms with van der Waals surface area (Å²) in [6, 6.07) is 4.15. The third kappa shape index (κ3) is 6.35. The van der Waals surface area contributed by atoms with Gasteiger partial charge >= 0.3 is 5.97 Å². The predicted molar refractivity (Wildman–Crippen MR) is 77.0 cm³/mol. The SMILES string of the molecule is CCOC(=O)C[C@@H](NC(C)=O)[C@@H](F)C#Cc1ccc(F)cc1. The van der Waals surface area contributed by atoms with E-state index in [1.54, 1.807) is 6.92 Å². The van der Waals surface area contributed by atoms with Gasteiger partial charge in [0.05, 0.1) is 19.1 Å². The second-order valence-corrected chi connectivity index (χ2v) is 4.49. The first-order valence-electron chi connectivity index (χ1n) is 6.76. The fourth-order valence-electron chi connectivity index (χ4n) is 1.67. The van der Waals surface area contributed by atoms with Crippen molar-refractivity contribution in [3.05, 3.63) is 35.6 Å². The Morgan fingerprint density at radius 3 is 2.50 bits per heavy atom. The van der Waals surface area contributed by atoms with Gasteiger partial charge in [-0.15, -0.1) is 0 Å². The molecule has 1 N–H and O–H groups in total. The Labute approximate surface area is 127 Å². The number of carbonyl (C=O) groups is 2. The second kappa shape index (κ2) is 8.78. The summed E-state index contributed by atoms with van der Waals surface area (Å²) in [7, 11) is 0. The number of halogens is 2. The Balaban J connectivity index is 2.78. The summed E-state index contributed by atoms with van der Waals surface area (Å²) >= 11 is 0. The molecule has 1 aromatic rings. The summed E-state index contributed by atoms with van der Waals surface area (Å²) in [6.45, 7) is 3.02. The van der Waals surface area contributed by atoms with E-state index in [1.165, 1.54) is 31.2 Å². The molecule has 0 saturated heterocycles. The third-order valence-electron chi connectivity index (χ3n) is 2.63. The van der Waals surface area contributed by atoms with Crippen molar-refractivity contribution >= 4 is 11.9 Å². The maximum atomic E-state index is 14.1.